The normalized spacial score (nSPS) is 22.7. The van der Waals surface area contributed by atoms with Crippen molar-refractivity contribution >= 4 is 23.4 Å². The molecule has 122 valence electrons. The van der Waals surface area contributed by atoms with Crippen LogP contribution in [0.1, 0.15) is 13.8 Å². The molecule has 0 aromatic heterocycles. The number of guanidine groups is 1. The predicted molar refractivity (Wildman–Crippen MR) is 96.8 cm³/mol. The van der Waals surface area contributed by atoms with E-state index in [-0.39, 0.29) is 0 Å². The van der Waals surface area contributed by atoms with Crippen LogP contribution in [0.2, 0.25) is 0 Å². The van der Waals surface area contributed by atoms with Gasteiger partial charge in [0.05, 0.1) is 12.2 Å². The Balaban J connectivity index is 2.19. The summed E-state index contributed by atoms with van der Waals surface area (Å²) in [4.78, 5) is 8.21. The van der Waals surface area contributed by atoms with Crippen LogP contribution in [0.3, 0.4) is 0 Å². The molecule has 0 spiro atoms. The van der Waals surface area contributed by atoms with Gasteiger partial charge in [-0.25, -0.2) is 0 Å². The fourth-order valence-corrected chi connectivity index (χ4v) is 3.31. The first-order valence-corrected chi connectivity index (χ1v) is 9.02. The van der Waals surface area contributed by atoms with Crippen LogP contribution >= 0.6 is 11.8 Å². The second-order valence-electron chi connectivity index (χ2n) is 5.69. The number of hydrogen-bond acceptors (Lipinski definition) is 4. The number of rotatable bonds is 4. The summed E-state index contributed by atoms with van der Waals surface area (Å²) in [6.45, 7) is 7.51. The molecule has 22 heavy (non-hydrogen) atoms. The summed E-state index contributed by atoms with van der Waals surface area (Å²) in [5, 5.41) is 7.07. The van der Waals surface area contributed by atoms with Gasteiger partial charge in [0.15, 0.2) is 5.96 Å². The number of para-hydroxylation sites is 1. The van der Waals surface area contributed by atoms with Crippen LogP contribution in [0.15, 0.2) is 34.2 Å². The molecule has 5 nitrogen and oxygen atoms in total. The maximum absolute atomic E-state index is 5.64. The molecule has 4 N–H and O–H groups in total. The van der Waals surface area contributed by atoms with Gasteiger partial charge < -0.3 is 21.3 Å². The molecule has 1 aromatic rings. The predicted octanol–water partition coefficient (Wildman–Crippen LogP) is 1.82. The SMILES string of the molecule is CSc1ccccc1NC(=NCCN)N1CC(C)NC(C)C1. The number of nitrogens with one attached hydrogen (secondary N) is 2. The molecule has 0 radical (unpaired) electrons. The fourth-order valence-electron chi connectivity index (χ4n) is 2.76. The molecule has 1 aliphatic heterocycles. The highest BCUT2D eigenvalue weighted by Crippen LogP contribution is 2.25. The molecular formula is C16H27N5S. The van der Waals surface area contributed by atoms with Crippen molar-refractivity contribution in [2.45, 2.75) is 30.8 Å². The molecule has 1 aliphatic rings. The van der Waals surface area contributed by atoms with Gasteiger partial charge in [0.1, 0.15) is 0 Å². The highest BCUT2D eigenvalue weighted by atomic mass is 32.2. The Bertz CT molecular complexity index is 495. The highest BCUT2D eigenvalue weighted by Gasteiger charge is 2.23. The number of anilines is 1. The van der Waals surface area contributed by atoms with Gasteiger partial charge in [-0.1, -0.05) is 12.1 Å². The van der Waals surface area contributed by atoms with Crippen LogP contribution in [0.25, 0.3) is 0 Å². The van der Waals surface area contributed by atoms with Crippen LogP contribution in [0, 0.1) is 0 Å². The molecule has 0 saturated carbocycles. The molecular weight excluding hydrogens is 294 g/mol. The Labute approximate surface area is 137 Å². The standard InChI is InChI=1S/C16H27N5S/c1-12-10-21(11-13(2)19-12)16(18-9-8-17)20-14-6-4-5-7-15(14)22-3/h4-7,12-13,19H,8-11,17H2,1-3H3,(H,18,20). The molecule has 2 unspecified atom stereocenters. The van der Waals surface area contributed by atoms with Crippen molar-refractivity contribution in [2.75, 3.05) is 37.8 Å². The van der Waals surface area contributed by atoms with Crippen molar-refractivity contribution in [3.05, 3.63) is 24.3 Å². The molecule has 2 atom stereocenters. The van der Waals surface area contributed by atoms with E-state index < -0.39 is 0 Å². The van der Waals surface area contributed by atoms with Crippen molar-refractivity contribution in [2.24, 2.45) is 10.7 Å². The van der Waals surface area contributed by atoms with Gasteiger partial charge >= 0.3 is 0 Å². The van der Waals surface area contributed by atoms with E-state index in [1.54, 1.807) is 11.8 Å². The quantitative estimate of drug-likeness (QED) is 0.448. The van der Waals surface area contributed by atoms with E-state index in [4.69, 9.17) is 5.73 Å². The van der Waals surface area contributed by atoms with Gasteiger partial charge in [-0.15, -0.1) is 11.8 Å². The minimum absolute atomic E-state index is 0.449. The number of benzene rings is 1. The van der Waals surface area contributed by atoms with E-state index in [0.717, 1.165) is 24.7 Å². The van der Waals surface area contributed by atoms with E-state index >= 15 is 0 Å². The lowest BCUT2D eigenvalue weighted by Crippen LogP contribution is -2.57. The lowest BCUT2D eigenvalue weighted by atomic mass is 10.1. The number of nitrogens with two attached hydrogens (primary N) is 1. The zero-order valence-corrected chi connectivity index (χ0v) is 14.5. The van der Waals surface area contributed by atoms with Crippen molar-refractivity contribution in [1.29, 1.82) is 0 Å². The van der Waals surface area contributed by atoms with Gasteiger partial charge in [-0.05, 0) is 32.2 Å². The average molecular weight is 321 g/mol. The molecule has 0 aliphatic carbocycles. The molecule has 1 heterocycles. The third kappa shape index (κ3) is 4.63. The van der Waals surface area contributed by atoms with Gasteiger partial charge in [-0.2, -0.15) is 0 Å². The Morgan fingerprint density at radius 2 is 2.05 bits per heavy atom. The Morgan fingerprint density at radius 3 is 2.68 bits per heavy atom. The van der Waals surface area contributed by atoms with Crippen LogP contribution in [0.5, 0.6) is 0 Å². The van der Waals surface area contributed by atoms with Gasteiger partial charge in [-0.3, -0.25) is 4.99 Å². The van der Waals surface area contributed by atoms with E-state index in [0.29, 0.717) is 25.2 Å². The van der Waals surface area contributed by atoms with Crippen molar-refractivity contribution < 1.29 is 0 Å². The number of aliphatic imine (C=N–C) groups is 1. The summed E-state index contributed by atoms with van der Waals surface area (Å²) in [6.07, 6.45) is 2.09. The molecule has 1 saturated heterocycles. The highest BCUT2D eigenvalue weighted by molar-refractivity contribution is 7.98. The zero-order chi connectivity index (χ0) is 15.9. The molecule has 1 fully saturated rings. The third-order valence-corrected chi connectivity index (χ3v) is 4.40. The summed E-state index contributed by atoms with van der Waals surface area (Å²) < 4.78 is 0. The van der Waals surface area contributed by atoms with Crippen LogP contribution in [-0.2, 0) is 0 Å². The number of piperazine rings is 1. The summed E-state index contributed by atoms with van der Waals surface area (Å²) in [5.41, 5.74) is 6.74. The second-order valence-corrected chi connectivity index (χ2v) is 6.54. The van der Waals surface area contributed by atoms with Crippen molar-refractivity contribution in [3.8, 4) is 0 Å². The summed E-state index contributed by atoms with van der Waals surface area (Å²) in [6, 6.07) is 9.22. The number of thioether (sulfide) groups is 1. The lowest BCUT2D eigenvalue weighted by Gasteiger charge is -2.38. The zero-order valence-electron chi connectivity index (χ0n) is 13.7. The minimum atomic E-state index is 0.449. The van der Waals surface area contributed by atoms with Gasteiger partial charge in [0.25, 0.3) is 0 Å². The fraction of sp³-hybridized carbons (Fsp3) is 0.562. The molecule has 0 amide bonds. The maximum Gasteiger partial charge on any atom is 0.198 e. The first-order chi connectivity index (χ1) is 10.6. The first kappa shape index (κ1) is 17.1. The van der Waals surface area contributed by atoms with E-state index in [9.17, 15) is 0 Å². The van der Waals surface area contributed by atoms with E-state index in [1.807, 2.05) is 6.07 Å². The van der Waals surface area contributed by atoms with Crippen molar-refractivity contribution in [3.63, 3.8) is 0 Å². The molecule has 0 bridgehead atoms. The first-order valence-electron chi connectivity index (χ1n) is 7.79. The lowest BCUT2D eigenvalue weighted by molar-refractivity contribution is 0.254. The second kappa shape index (κ2) is 8.41. The van der Waals surface area contributed by atoms with Crippen LogP contribution in [-0.4, -0.2) is 55.4 Å². The summed E-state index contributed by atoms with van der Waals surface area (Å²) >= 11 is 1.74. The Kier molecular flexibility index (Phi) is 6.54. The van der Waals surface area contributed by atoms with E-state index in [1.165, 1.54) is 4.90 Å². The number of hydrogen-bond donors (Lipinski definition) is 3. The monoisotopic (exact) mass is 321 g/mol. The third-order valence-electron chi connectivity index (χ3n) is 3.60. The maximum atomic E-state index is 5.64. The Morgan fingerprint density at radius 1 is 1.36 bits per heavy atom. The van der Waals surface area contributed by atoms with Gasteiger partial charge in [0.2, 0.25) is 0 Å². The van der Waals surface area contributed by atoms with Crippen LogP contribution in [0.4, 0.5) is 5.69 Å². The minimum Gasteiger partial charge on any atom is -0.340 e. The average Bonchev–Trinajstić information content (AvgIpc) is 2.50. The largest absolute Gasteiger partial charge is 0.340 e. The molecule has 1 aromatic carbocycles. The number of nitrogens with zero attached hydrogens (tertiary/aromatic N) is 2. The molecule has 2 rings (SSSR count). The summed E-state index contributed by atoms with van der Waals surface area (Å²) in [5.74, 6) is 0.923. The Hall–Kier alpha value is -1.24. The molecule has 6 heteroatoms. The summed E-state index contributed by atoms with van der Waals surface area (Å²) in [7, 11) is 0. The topological polar surface area (TPSA) is 65.7 Å². The van der Waals surface area contributed by atoms with E-state index in [2.05, 4.69) is 58.8 Å². The smallest absolute Gasteiger partial charge is 0.198 e. The van der Waals surface area contributed by atoms with Crippen molar-refractivity contribution in [1.82, 2.24) is 10.2 Å². The van der Waals surface area contributed by atoms with Gasteiger partial charge in [0, 0.05) is 36.6 Å². The van der Waals surface area contributed by atoms with Crippen LogP contribution < -0.4 is 16.4 Å².